The maximum atomic E-state index is 12.3. The number of amides is 1. The van der Waals surface area contributed by atoms with E-state index in [1.165, 1.54) is 11.3 Å². The van der Waals surface area contributed by atoms with Crippen LogP contribution in [0.5, 0.6) is 0 Å². The van der Waals surface area contributed by atoms with Crippen LogP contribution in [-0.2, 0) is 7.05 Å². The lowest BCUT2D eigenvalue weighted by Crippen LogP contribution is -2.48. The fourth-order valence-corrected chi connectivity index (χ4v) is 3.00. The maximum Gasteiger partial charge on any atom is 0.261 e. The van der Waals surface area contributed by atoms with Gasteiger partial charge >= 0.3 is 0 Å². The van der Waals surface area contributed by atoms with Crippen LogP contribution >= 0.6 is 23.7 Å². The lowest BCUT2D eigenvalue weighted by molar-refractivity contribution is 0.0920. The van der Waals surface area contributed by atoms with Crippen LogP contribution < -0.4 is 11.1 Å². The van der Waals surface area contributed by atoms with E-state index < -0.39 is 5.54 Å². The number of nitrogens with one attached hydrogen (secondary N) is 1. The van der Waals surface area contributed by atoms with Crippen LogP contribution in [0.1, 0.15) is 49.0 Å². The van der Waals surface area contributed by atoms with E-state index in [2.05, 4.69) is 24.3 Å². The number of carbonyl (C=O) groups is 1. The van der Waals surface area contributed by atoms with Crippen LogP contribution in [0.3, 0.4) is 0 Å². The first kappa shape index (κ1) is 17.9. The fraction of sp³-hybridized carbons (Fsp3) is 0.571. The van der Waals surface area contributed by atoms with Crippen LogP contribution in [0.2, 0.25) is 0 Å². The van der Waals surface area contributed by atoms with Gasteiger partial charge < -0.3 is 11.1 Å². The Hall–Kier alpha value is -1.11. The third-order valence-electron chi connectivity index (χ3n) is 3.27. The number of rotatable bonds is 4. The van der Waals surface area contributed by atoms with Gasteiger partial charge in [0.25, 0.3) is 5.91 Å². The smallest absolute Gasteiger partial charge is 0.261 e. The molecule has 0 aliphatic carbocycles. The first-order chi connectivity index (χ1) is 9.25. The van der Waals surface area contributed by atoms with Gasteiger partial charge in [-0.05, 0) is 25.8 Å². The highest BCUT2D eigenvalue weighted by atomic mass is 35.5. The second-order valence-corrected chi connectivity index (χ2v) is 7.07. The largest absolute Gasteiger partial charge is 0.345 e. The SMILES string of the molecule is CC(C)c1nn(C)c2sc(C(=O)NC(C)(C)CN)cc12.Cl. The molecule has 0 bridgehead atoms. The number of carbonyl (C=O) groups excluding carboxylic acids is 1. The summed E-state index contributed by atoms with van der Waals surface area (Å²) in [7, 11) is 1.91. The summed E-state index contributed by atoms with van der Waals surface area (Å²) in [4.78, 5) is 14.0. The zero-order chi connectivity index (χ0) is 15.1. The minimum Gasteiger partial charge on any atom is -0.345 e. The topological polar surface area (TPSA) is 72.9 Å². The van der Waals surface area contributed by atoms with Crippen molar-refractivity contribution in [1.29, 1.82) is 0 Å². The minimum atomic E-state index is -0.396. The standard InChI is InChI=1S/C14H22N4OS.ClH/c1-8(2)11-9-6-10(20-13(9)18(5)17-11)12(19)16-14(3,4)7-15;/h6,8H,7,15H2,1-5H3,(H,16,19);1H. The number of fused-ring (bicyclic) bond motifs is 1. The molecule has 0 fully saturated rings. The average Bonchev–Trinajstić information content (AvgIpc) is 2.90. The molecule has 2 aromatic rings. The minimum absolute atomic E-state index is 0. The Balaban J connectivity index is 0.00000220. The Morgan fingerprint density at radius 2 is 2.14 bits per heavy atom. The monoisotopic (exact) mass is 330 g/mol. The Labute approximate surface area is 135 Å². The highest BCUT2D eigenvalue weighted by molar-refractivity contribution is 7.20. The number of nitrogens with two attached hydrogens (primary N) is 1. The number of thiophene rings is 1. The number of hydrogen-bond donors (Lipinski definition) is 2. The van der Waals surface area contributed by atoms with Crippen LogP contribution in [0.15, 0.2) is 6.07 Å². The van der Waals surface area contributed by atoms with E-state index in [4.69, 9.17) is 5.73 Å². The number of aromatic nitrogens is 2. The molecule has 0 saturated carbocycles. The second kappa shape index (κ2) is 6.34. The van der Waals surface area contributed by atoms with Crippen LogP contribution in [0.4, 0.5) is 0 Å². The zero-order valence-electron chi connectivity index (χ0n) is 13.1. The molecular formula is C14H23ClN4OS. The molecule has 2 aromatic heterocycles. The molecule has 0 spiro atoms. The molecule has 0 aliphatic rings. The Morgan fingerprint density at radius 1 is 1.52 bits per heavy atom. The summed E-state index contributed by atoms with van der Waals surface area (Å²) < 4.78 is 1.85. The molecule has 0 unspecified atom stereocenters. The molecule has 2 heterocycles. The lowest BCUT2D eigenvalue weighted by atomic mass is 10.1. The van der Waals surface area contributed by atoms with Crippen LogP contribution in [0, 0.1) is 0 Å². The average molecular weight is 331 g/mol. The molecule has 118 valence electrons. The predicted molar refractivity (Wildman–Crippen MR) is 90.5 cm³/mol. The molecule has 0 aromatic carbocycles. The Bertz CT molecular complexity index is 645. The maximum absolute atomic E-state index is 12.3. The molecule has 2 rings (SSSR count). The lowest BCUT2D eigenvalue weighted by Gasteiger charge is -2.23. The molecule has 1 amide bonds. The van der Waals surface area contributed by atoms with Crippen molar-refractivity contribution >= 4 is 39.9 Å². The molecule has 5 nitrogen and oxygen atoms in total. The summed E-state index contributed by atoms with van der Waals surface area (Å²) in [6.45, 7) is 8.45. The second-order valence-electron chi connectivity index (χ2n) is 6.04. The highest BCUT2D eigenvalue weighted by Gasteiger charge is 2.23. The first-order valence-electron chi connectivity index (χ1n) is 6.74. The third kappa shape index (κ3) is 3.56. The Kier molecular flexibility index (Phi) is 5.41. The number of aryl methyl sites for hydroxylation is 1. The van der Waals surface area contributed by atoms with Gasteiger partial charge in [-0.25, -0.2) is 0 Å². The van der Waals surface area contributed by atoms with Gasteiger partial charge in [0.1, 0.15) is 4.83 Å². The van der Waals surface area contributed by atoms with Crippen molar-refractivity contribution in [3.8, 4) is 0 Å². The van der Waals surface area contributed by atoms with Gasteiger partial charge in [-0.15, -0.1) is 23.7 Å². The van der Waals surface area contributed by atoms with E-state index >= 15 is 0 Å². The van der Waals surface area contributed by atoms with Gasteiger partial charge in [0.15, 0.2) is 0 Å². The molecule has 0 radical (unpaired) electrons. The van der Waals surface area contributed by atoms with Crippen molar-refractivity contribution < 1.29 is 4.79 Å². The zero-order valence-corrected chi connectivity index (χ0v) is 14.7. The number of halogens is 1. The summed E-state index contributed by atoms with van der Waals surface area (Å²) in [5.41, 5.74) is 6.29. The van der Waals surface area contributed by atoms with Crippen LogP contribution in [0.25, 0.3) is 10.2 Å². The van der Waals surface area contributed by atoms with E-state index in [1.807, 2.05) is 31.6 Å². The van der Waals surface area contributed by atoms with E-state index in [9.17, 15) is 4.79 Å². The quantitative estimate of drug-likeness (QED) is 0.905. The summed E-state index contributed by atoms with van der Waals surface area (Å²) in [6, 6.07) is 1.93. The van der Waals surface area contributed by atoms with Crippen molar-refractivity contribution in [1.82, 2.24) is 15.1 Å². The van der Waals surface area contributed by atoms with E-state index in [1.54, 1.807) is 0 Å². The summed E-state index contributed by atoms with van der Waals surface area (Å²) in [5.74, 6) is 0.265. The molecule has 21 heavy (non-hydrogen) atoms. The summed E-state index contributed by atoms with van der Waals surface area (Å²) in [5, 5.41) is 8.55. The molecule has 0 saturated heterocycles. The van der Waals surface area contributed by atoms with Gasteiger partial charge in [0.2, 0.25) is 0 Å². The van der Waals surface area contributed by atoms with Gasteiger partial charge in [-0.3, -0.25) is 9.48 Å². The number of nitrogens with zero attached hydrogens (tertiary/aromatic N) is 2. The molecule has 7 heteroatoms. The predicted octanol–water partition coefficient (Wildman–Crippen LogP) is 2.65. The molecule has 3 N–H and O–H groups in total. The molecule has 0 aliphatic heterocycles. The first-order valence-corrected chi connectivity index (χ1v) is 7.56. The fourth-order valence-electron chi connectivity index (χ4n) is 2.02. The summed E-state index contributed by atoms with van der Waals surface area (Å²) in [6.07, 6.45) is 0. The highest BCUT2D eigenvalue weighted by Crippen LogP contribution is 2.31. The molecular weight excluding hydrogens is 308 g/mol. The van der Waals surface area contributed by atoms with E-state index in [-0.39, 0.29) is 18.3 Å². The van der Waals surface area contributed by atoms with E-state index in [0.29, 0.717) is 17.3 Å². The Morgan fingerprint density at radius 3 is 2.67 bits per heavy atom. The van der Waals surface area contributed by atoms with Crippen molar-refractivity contribution in [2.24, 2.45) is 12.8 Å². The van der Waals surface area contributed by atoms with Gasteiger partial charge in [-0.2, -0.15) is 5.10 Å². The van der Waals surface area contributed by atoms with Crippen LogP contribution in [-0.4, -0.2) is 27.8 Å². The van der Waals surface area contributed by atoms with E-state index in [0.717, 1.165) is 15.9 Å². The summed E-state index contributed by atoms with van der Waals surface area (Å²) >= 11 is 1.47. The van der Waals surface area contributed by atoms with Crippen molar-refractivity contribution in [3.05, 3.63) is 16.6 Å². The number of hydrogen-bond acceptors (Lipinski definition) is 4. The van der Waals surface area contributed by atoms with Gasteiger partial charge in [-0.1, -0.05) is 13.8 Å². The van der Waals surface area contributed by atoms with Gasteiger partial charge in [0, 0.05) is 24.5 Å². The van der Waals surface area contributed by atoms with Crippen molar-refractivity contribution in [3.63, 3.8) is 0 Å². The van der Waals surface area contributed by atoms with Crippen molar-refractivity contribution in [2.45, 2.75) is 39.2 Å². The van der Waals surface area contributed by atoms with Gasteiger partial charge in [0.05, 0.1) is 10.6 Å². The van der Waals surface area contributed by atoms with Crippen molar-refractivity contribution in [2.75, 3.05) is 6.54 Å². The molecule has 0 atom stereocenters. The third-order valence-corrected chi connectivity index (χ3v) is 4.47. The normalized spacial score (nSPS) is 11.8.